The van der Waals surface area contributed by atoms with Gasteiger partial charge in [0.25, 0.3) is 29.5 Å². The fourth-order valence-corrected chi connectivity index (χ4v) is 10.4. The Morgan fingerprint density at radius 2 is 0.813 bits per heavy atom. The van der Waals surface area contributed by atoms with Crippen LogP contribution in [0.5, 0.6) is 23.0 Å². The summed E-state index contributed by atoms with van der Waals surface area (Å²) in [6.07, 6.45) is 2.31. The topological polar surface area (TPSA) is 640 Å². The minimum Gasteiger partial charge on any atom is -0.496 e. The first-order valence-electron chi connectivity index (χ1n) is 33.0. The van der Waals surface area contributed by atoms with Crippen LogP contribution in [-0.2, 0) is 28.8 Å². The molecule has 0 fully saturated rings. The van der Waals surface area contributed by atoms with Gasteiger partial charge in [0.15, 0.2) is 36.5 Å². The lowest BCUT2D eigenvalue weighted by molar-refractivity contribution is -0.139. The molecule has 0 saturated carbocycles. The van der Waals surface area contributed by atoms with E-state index in [-0.39, 0.29) is 145 Å². The number of nitrogens with one attached hydrogen (secondary N) is 17. The van der Waals surface area contributed by atoms with E-state index in [9.17, 15) is 53.1 Å². The Balaban J connectivity index is 1.23. The molecule has 38 nitrogen and oxygen atoms in total. The Bertz CT molecular complexity index is 4360. The maximum Gasteiger partial charge on any atom is 0.341 e. The Kier molecular flexibility index (Phi) is 31.2. The molecule has 0 bridgehead atoms. The largest absolute Gasteiger partial charge is 0.496 e. The molecule has 38 heteroatoms. The summed E-state index contributed by atoms with van der Waals surface area (Å²) in [5.41, 5.74) is 34.1. The molecule has 5 atom stereocenters. The number of rotatable bonds is 39. The highest BCUT2D eigenvalue weighted by Gasteiger charge is 2.30. The summed E-state index contributed by atoms with van der Waals surface area (Å²) in [7, 11) is 3.84. The molecule has 0 saturated heterocycles. The smallest absolute Gasteiger partial charge is 0.341 e. The number of benzene rings is 5. The molecule has 6 aromatic rings. The second-order valence-corrected chi connectivity index (χ2v) is 23.5. The molecule has 9 amide bonds. The second kappa shape index (κ2) is 40.7. The number of anilines is 4. The molecule has 0 aliphatic heterocycles. The lowest BCUT2D eigenvalue weighted by Gasteiger charge is -2.22. The third-order valence-corrected chi connectivity index (χ3v) is 15.6. The van der Waals surface area contributed by atoms with Crippen LogP contribution in [0, 0.1) is 33.5 Å². The predicted octanol–water partition coefficient (Wildman–Crippen LogP) is -0.177. The number of aromatic nitrogens is 1. The van der Waals surface area contributed by atoms with Crippen molar-refractivity contribution in [3.63, 3.8) is 0 Å². The zero-order valence-corrected chi connectivity index (χ0v) is 58.5. The number of amides is 9. The number of para-hydroxylation sites is 1. The molecule has 5 aromatic carbocycles. The van der Waals surface area contributed by atoms with E-state index in [1.165, 1.54) is 88.1 Å². The van der Waals surface area contributed by atoms with Crippen LogP contribution >= 0.6 is 0 Å². The number of hydrogen-bond donors (Lipinski definition) is 24. The van der Waals surface area contributed by atoms with Gasteiger partial charge in [-0.05, 0) is 130 Å². The van der Waals surface area contributed by atoms with Gasteiger partial charge in [0.05, 0.1) is 49.6 Å². The number of nitrogens with two attached hydrogens (primary N) is 6. The van der Waals surface area contributed by atoms with Crippen molar-refractivity contribution >= 4 is 117 Å². The fourth-order valence-electron chi connectivity index (χ4n) is 10.4. The van der Waals surface area contributed by atoms with Crippen molar-refractivity contribution in [1.82, 2.24) is 47.5 Å². The first-order chi connectivity index (χ1) is 51.1. The summed E-state index contributed by atoms with van der Waals surface area (Å²) >= 11 is 0. The summed E-state index contributed by atoms with van der Waals surface area (Å²) in [5.74, 6) is -5.25. The molecular weight excluding hydrogens is 1390 g/mol. The van der Waals surface area contributed by atoms with Gasteiger partial charge in [-0.25, -0.2) is 4.79 Å². The molecule has 0 aliphatic carbocycles. The zero-order valence-electron chi connectivity index (χ0n) is 58.5. The van der Waals surface area contributed by atoms with Crippen molar-refractivity contribution in [2.75, 3.05) is 75.4 Å². The minimum absolute atomic E-state index is 0.0283. The van der Waals surface area contributed by atoms with Crippen molar-refractivity contribution in [2.24, 2.45) is 34.4 Å². The van der Waals surface area contributed by atoms with Crippen LogP contribution in [0.15, 0.2) is 103 Å². The van der Waals surface area contributed by atoms with Gasteiger partial charge in [-0.3, -0.25) is 64.8 Å². The van der Waals surface area contributed by atoms with Crippen molar-refractivity contribution in [3.8, 4) is 34.8 Å². The quantitative estimate of drug-likeness (QED) is 0.0103. The maximum absolute atomic E-state index is 14.6. The SMILES string of the molecule is COc1ccc(NC(=O)[C@@H](CCCNC(=N)N)NC(=O)c2cc(NC(=O)[C@@H](CCCNC(=N)N)NC(=O)c3cc(NC(=O)[C@@H](CCCNC(=N)N)NC(=O)c4cc(NC(=O)[C@H](N)CCCNC(=N)N)ccc4OC)ccc3OCC(=O)O)ccc2OC)cc1C(=O)NC(C#Cc1c[nH]c2ccccc12)C(N)=O. The highest BCUT2D eigenvalue weighted by molar-refractivity contribution is 6.08. The molecule has 1 unspecified atom stereocenters. The van der Waals surface area contributed by atoms with Gasteiger partial charge in [0, 0.05) is 71.6 Å². The number of carbonyl (C=O) groups excluding carboxylic acids is 9. The number of aromatic amines is 1. The summed E-state index contributed by atoms with van der Waals surface area (Å²) in [5, 5.41) is 72.2. The number of guanidine groups is 4. The molecule has 0 radical (unpaired) electrons. The fraction of sp³-hybridized carbons (Fsp3) is 0.304. The summed E-state index contributed by atoms with van der Waals surface area (Å²) < 4.78 is 21.9. The highest BCUT2D eigenvalue weighted by atomic mass is 16.5. The molecule has 568 valence electrons. The third-order valence-electron chi connectivity index (χ3n) is 15.6. The molecule has 1 heterocycles. The molecule has 6 rings (SSSR count). The average Bonchev–Trinajstić information content (AvgIpc) is 1.77. The molecule has 0 spiro atoms. The number of fused-ring (bicyclic) bond motifs is 1. The van der Waals surface area contributed by atoms with Crippen LogP contribution in [0.3, 0.4) is 0 Å². The van der Waals surface area contributed by atoms with Gasteiger partial charge in [0.2, 0.25) is 23.6 Å². The van der Waals surface area contributed by atoms with Crippen LogP contribution in [0.4, 0.5) is 22.7 Å². The lowest BCUT2D eigenvalue weighted by Crippen LogP contribution is -2.45. The number of H-pyrrole nitrogens is 1. The van der Waals surface area contributed by atoms with E-state index in [0.29, 0.717) is 18.5 Å². The van der Waals surface area contributed by atoms with Crippen LogP contribution in [0.2, 0.25) is 0 Å². The number of aliphatic carboxylic acids is 1. The average molecular weight is 1480 g/mol. The molecule has 107 heavy (non-hydrogen) atoms. The van der Waals surface area contributed by atoms with Gasteiger partial charge in [-0.2, -0.15) is 0 Å². The molecule has 30 N–H and O–H groups in total. The summed E-state index contributed by atoms with van der Waals surface area (Å²) in [6, 6.07) is 16.3. The van der Waals surface area contributed by atoms with E-state index >= 15 is 0 Å². The van der Waals surface area contributed by atoms with Crippen LogP contribution in [-0.4, -0.2) is 177 Å². The number of methoxy groups -OCH3 is 3. The second-order valence-electron chi connectivity index (χ2n) is 23.5. The minimum atomic E-state index is -1.48. The van der Waals surface area contributed by atoms with Crippen LogP contribution in [0.1, 0.15) is 98.4 Å². The number of primary amides is 1. The summed E-state index contributed by atoms with van der Waals surface area (Å²) in [6.45, 7) is -0.462. The standard InChI is InChI=1S/C69H87N23O15/c1-104-52-23-18-38(31-42(52)58(96)89-48(57(71)95)21-16-36-34-84-47-12-5-4-10-41(36)47)86-63(101)49(13-7-27-81-67(74)75)91-60(98)44-32-39(19-24-54(44)106-3)87-65(103)51(15-9-29-83-69(78)79)92-61(99)45-33-40(20-25-55(45)107-35-56(93)94)88-64(102)50(14-8-28-82-68(76)77)90-59(97)43-30-37(17-22-53(43)105-2)85-62(100)46(70)11-6-26-80-66(72)73/h4-5,10,12,17-20,22-25,30-34,46,48-51,84H,6-9,11,13-15,26-29,35,70H2,1-3H3,(H2,71,95)(H,85,100)(H,86,101)(H,87,103)(H,88,102)(H,89,96)(H,90,97)(H,91,98)(H,92,99)(H,93,94)(H4,72,73,80)(H4,74,75,81)(H4,76,77,82)(H4,78,79,83)/t46-,48?,49-,50-,51-/m1/s1. The van der Waals surface area contributed by atoms with Crippen molar-refractivity contribution in [3.05, 3.63) is 131 Å². The lowest BCUT2D eigenvalue weighted by atomic mass is 10.1. The van der Waals surface area contributed by atoms with Gasteiger partial charge >= 0.3 is 5.97 Å². The first kappa shape index (κ1) is 82.1. The summed E-state index contributed by atoms with van der Waals surface area (Å²) in [4.78, 5) is 141. The number of carboxylic acid groups (broad SMARTS) is 1. The Morgan fingerprint density at radius 3 is 1.18 bits per heavy atom. The Labute approximate surface area is 612 Å². The van der Waals surface area contributed by atoms with E-state index in [1.54, 1.807) is 6.20 Å². The van der Waals surface area contributed by atoms with E-state index in [1.807, 2.05) is 24.3 Å². The zero-order chi connectivity index (χ0) is 78.3. The molecule has 0 aliphatic rings. The van der Waals surface area contributed by atoms with Crippen molar-refractivity contribution in [1.29, 1.82) is 21.6 Å². The van der Waals surface area contributed by atoms with E-state index < -0.39 is 107 Å². The molecule has 1 aromatic heterocycles. The number of hydrogen-bond acceptors (Lipinski definition) is 19. The maximum atomic E-state index is 14.6. The normalized spacial score (nSPS) is 12.0. The predicted molar refractivity (Wildman–Crippen MR) is 397 cm³/mol. The molecular formula is C69H87N23O15. The van der Waals surface area contributed by atoms with E-state index in [0.717, 1.165) is 17.0 Å². The first-order valence-corrected chi connectivity index (χ1v) is 33.0. The van der Waals surface area contributed by atoms with Crippen LogP contribution in [0.25, 0.3) is 10.9 Å². The number of ether oxygens (including phenoxy) is 4. The number of carboxylic acids is 1. The van der Waals surface area contributed by atoms with E-state index in [4.69, 9.17) is 75.0 Å². The van der Waals surface area contributed by atoms with Crippen molar-refractivity contribution in [2.45, 2.75) is 81.6 Å². The van der Waals surface area contributed by atoms with Crippen LogP contribution < -0.4 is 117 Å². The number of carbonyl (C=O) groups is 10. The monoisotopic (exact) mass is 1480 g/mol. The Hall–Kier alpha value is -13.9. The third kappa shape index (κ3) is 25.9. The van der Waals surface area contributed by atoms with Gasteiger partial charge in [-0.1, -0.05) is 30.0 Å². The van der Waals surface area contributed by atoms with Gasteiger partial charge in [0.1, 0.15) is 41.1 Å². The van der Waals surface area contributed by atoms with Gasteiger partial charge < -0.3 is 127 Å². The van der Waals surface area contributed by atoms with Crippen molar-refractivity contribution < 1.29 is 72.0 Å². The van der Waals surface area contributed by atoms with Gasteiger partial charge in [-0.15, -0.1) is 0 Å². The van der Waals surface area contributed by atoms with E-state index in [2.05, 4.69) is 80.6 Å². The Morgan fingerprint density at radius 1 is 0.467 bits per heavy atom. The highest BCUT2D eigenvalue weighted by Crippen LogP contribution is 2.29.